The molecule has 0 aromatic carbocycles. The van der Waals surface area contributed by atoms with Gasteiger partial charge in [-0.3, -0.25) is 4.79 Å². The fourth-order valence-corrected chi connectivity index (χ4v) is 6.10. The molecule has 0 heterocycles. The van der Waals surface area contributed by atoms with Crippen molar-refractivity contribution >= 4 is 5.97 Å². The first-order chi connectivity index (χ1) is 12.7. The highest BCUT2D eigenvalue weighted by molar-refractivity contribution is 5.72. The van der Waals surface area contributed by atoms with Crippen LogP contribution in [0, 0.1) is 29.6 Å². The second kappa shape index (κ2) is 10.1. The highest BCUT2D eigenvalue weighted by atomic mass is 16.5. The van der Waals surface area contributed by atoms with E-state index in [0.717, 1.165) is 49.4 Å². The Morgan fingerprint density at radius 2 is 1.27 bits per heavy atom. The molecule has 0 atom stereocenters. The summed E-state index contributed by atoms with van der Waals surface area (Å²) in [5, 5.41) is 0. The molecule has 3 fully saturated rings. The maximum atomic E-state index is 12.6. The van der Waals surface area contributed by atoms with E-state index in [-0.39, 0.29) is 18.0 Å². The zero-order chi connectivity index (χ0) is 18.4. The molecule has 0 unspecified atom stereocenters. The number of rotatable bonds is 6. The van der Waals surface area contributed by atoms with Gasteiger partial charge >= 0.3 is 5.97 Å². The van der Waals surface area contributed by atoms with E-state index in [0.29, 0.717) is 0 Å². The summed E-state index contributed by atoms with van der Waals surface area (Å²) in [4.78, 5) is 12.6. The molecule has 26 heavy (non-hydrogen) atoms. The molecule has 0 radical (unpaired) electrons. The predicted molar refractivity (Wildman–Crippen MR) is 108 cm³/mol. The normalized spacial score (nSPS) is 38.7. The fourth-order valence-electron chi connectivity index (χ4n) is 6.10. The first kappa shape index (κ1) is 20.2. The van der Waals surface area contributed by atoms with E-state index in [1.165, 1.54) is 70.6 Å². The van der Waals surface area contributed by atoms with Crippen molar-refractivity contribution in [2.24, 2.45) is 29.6 Å². The summed E-state index contributed by atoms with van der Waals surface area (Å²) in [6.07, 6.45) is 19.5. The van der Waals surface area contributed by atoms with Crippen LogP contribution in [0.3, 0.4) is 0 Å². The van der Waals surface area contributed by atoms with Crippen molar-refractivity contribution in [2.75, 3.05) is 0 Å². The number of esters is 1. The summed E-state index contributed by atoms with van der Waals surface area (Å²) in [6, 6.07) is 0. The third-order valence-corrected chi connectivity index (χ3v) is 8.01. The van der Waals surface area contributed by atoms with Crippen molar-refractivity contribution in [3.8, 4) is 0 Å². The zero-order valence-electron chi connectivity index (χ0n) is 17.4. The minimum absolute atomic E-state index is 0.134. The van der Waals surface area contributed by atoms with Crippen LogP contribution in [0.2, 0.25) is 0 Å². The van der Waals surface area contributed by atoms with E-state index >= 15 is 0 Å². The lowest BCUT2D eigenvalue weighted by Gasteiger charge is -2.37. The van der Waals surface area contributed by atoms with Gasteiger partial charge in [0.1, 0.15) is 6.10 Å². The Balaban J connectivity index is 1.35. The molecule has 2 heteroatoms. The SMILES string of the molecule is CCCC1CCC(C2CCC(C(=O)OC3CCC(CC)CC3)CC2)CC1. The molecule has 0 spiro atoms. The predicted octanol–water partition coefficient (Wildman–Crippen LogP) is 6.91. The van der Waals surface area contributed by atoms with Gasteiger partial charge in [-0.1, -0.05) is 46.0 Å². The lowest BCUT2D eigenvalue weighted by Crippen LogP contribution is -2.32. The number of ether oxygens (including phenoxy) is 1. The summed E-state index contributed by atoms with van der Waals surface area (Å²) in [7, 11) is 0. The monoisotopic (exact) mass is 362 g/mol. The molecule has 0 amide bonds. The fraction of sp³-hybridized carbons (Fsp3) is 0.958. The summed E-state index contributed by atoms with van der Waals surface area (Å²) in [5.41, 5.74) is 0. The Kier molecular flexibility index (Phi) is 7.88. The van der Waals surface area contributed by atoms with Crippen molar-refractivity contribution in [3.05, 3.63) is 0 Å². The molecule has 3 aliphatic carbocycles. The Morgan fingerprint density at radius 3 is 1.81 bits per heavy atom. The van der Waals surface area contributed by atoms with Gasteiger partial charge in [0.25, 0.3) is 0 Å². The van der Waals surface area contributed by atoms with Crippen LogP contribution < -0.4 is 0 Å². The van der Waals surface area contributed by atoms with Crippen molar-refractivity contribution in [1.29, 1.82) is 0 Å². The van der Waals surface area contributed by atoms with Crippen molar-refractivity contribution in [3.63, 3.8) is 0 Å². The van der Waals surface area contributed by atoms with Gasteiger partial charge in [0.05, 0.1) is 5.92 Å². The van der Waals surface area contributed by atoms with Crippen LogP contribution >= 0.6 is 0 Å². The number of carbonyl (C=O) groups excluding carboxylic acids is 1. The molecule has 0 aromatic rings. The lowest BCUT2D eigenvalue weighted by atomic mass is 9.69. The van der Waals surface area contributed by atoms with Gasteiger partial charge in [-0.15, -0.1) is 0 Å². The molecule has 3 aliphatic rings. The summed E-state index contributed by atoms with van der Waals surface area (Å²) < 4.78 is 5.91. The van der Waals surface area contributed by atoms with Crippen LogP contribution in [0.1, 0.15) is 110 Å². The molecular weight excluding hydrogens is 320 g/mol. The molecule has 0 saturated heterocycles. The van der Waals surface area contributed by atoms with E-state index in [1.807, 2.05) is 0 Å². The molecule has 0 bridgehead atoms. The maximum absolute atomic E-state index is 12.6. The minimum Gasteiger partial charge on any atom is -0.462 e. The summed E-state index contributed by atoms with van der Waals surface area (Å²) in [6.45, 7) is 4.60. The number of hydrogen-bond acceptors (Lipinski definition) is 2. The van der Waals surface area contributed by atoms with Crippen molar-refractivity contribution in [2.45, 2.75) is 116 Å². The van der Waals surface area contributed by atoms with Crippen LogP contribution in [0.5, 0.6) is 0 Å². The lowest BCUT2D eigenvalue weighted by molar-refractivity contribution is -0.157. The van der Waals surface area contributed by atoms with E-state index in [1.54, 1.807) is 0 Å². The van der Waals surface area contributed by atoms with Gasteiger partial charge < -0.3 is 4.74 Å². The third kappa shape index (κ3) is 5.49. The van der Waals surface area contributed by atoms with Gasteiger partial charge in [-0.2, -0.15) is 0 Å². The molecule has 2 nitrogen and oxygen atoms in total. The molecular formula is C24H42O2. The molecule has 3 saturated carbocycles. The highest BCUT2D eigenvalue weighted by Crippen LogP contribution is 2.42. The third-order valence-electron chi connectivity index (χ3n) is 8.01. The zero-order valence-corrected chi connectivity index (χ0v) is 17.4. The van der Waals surface area contributed by atoms with Gasteiger partial charge in [0, 0.05) is 0 Å². The van der Waals surface area contributed by atoms with E-state index in [9.17, 15) is 4.79 Å². The van der Waals surface area contributed by atoms with Crippen LogP contribution in [0.25, 0.3) is 0 Å². The Bertz CT molecular complexity index is 408. The Labute approximate surface area is 161 Å². The van der Waals surface area contributed by atoms with Crippen molar-refractivity contribution in [1.82, 2.24) is 0 Å². The average molecular weight is 363 g/mol. The van der Waals surface area contributed by atoms with Gasteiger partial charge in [-0.25, -0.2) is 0 Å². The van der Waals surface area contributed by atoms with Crippen LogP contribution in [-0.4, -0.2) is 12.1 Å². The van der Waals surface area contributed by atoms with E-state index in [2.05, 4.69) is 13.8 Å². The van der Waals surface area contributed by atoms with Gasteiger partial charge in [0.2, 0.25) is 0 Å². The van der Waals surface area contributed by atoms with Crippen LogP contribution in [-0.2, 0) is 9.53 Å². The van der Waals surface area contributed by atoms with Crippen LogP contribution in [0.15, 0.2) is 0 Å². The second-order valence-electron chi connectivity index (χ2n) is 9.67. The second-order valence-corrected chi connectivity index (χ2v) is 9.67. The molecule has 0 aliphatic heterocycles. The molecule has 3 rings (SSSR count). The topological polar surface area (TPSA) is 26.3 Å². The smallest absolute Gasteiger partial charge is 0.309 e. The number of carbonyl (C=O) groups is 1. The van der Waals surface area contributed by atoms with E-state index in [4.69, 9.17) is 4.74 Å². The standard InChI is InChI=1S/C24H42O2/c1-3-5-19-6-10-20(11-7-19)21-12-14-22(15-13-21)24(25)26-23-16-8-18(4-2)9-17-23/h18-23H,3-17H2,1-2H3. The Morgan fingerprint density at radius 1 is 0.731 bits per heavy atom. The first-order valence-corrected chi connectivity index (χ1v) is 11.9. The summed E-state index contributed by atoms with van der Waals surface area (Å²) >= 11 is 0. The Hall–Kier alpha value is -0.530. The highest BCUT2D eigenvalue weighted by Gasteiger charge is 2.34. The number of hydrogen-bond donors (Lipinski definition) is 0. The first-order valence-electron chi connectivity index (χ1n) is 11.9. The molecule has 0 N–H and O–H groups in total. The minimum atomic E-state index is 0.134. The van der Waals surface area contributed by atoms with E-state index < -0.39 is 0 Å². The summed E-state index contributed by atoms with van der Waals surface area (Å²) in [5.74, 6) is 4.05. The quantitative estimate of drug-likeness (QED) is 0.480. The van der Waals surface area contributed by atoms with Crippen molar-refractivity contribution < 1.29 is 9.53 Å². The molecule has 0 aromatic heterocycles. The molecule has 150 valence electrons. The van der Waals surface area contributed by atoms with Gasteiger partial charge in [-0.05, 0) is 87.9 Å². The largest absolute Gasteiger partial charge is 0.462 e. The average Bonchev–Trinajstić information content (AvgIpc) is 2.69. The van der Waals surface area contributed by atoms with Gasteiger partial charge in [0.15, 0.2) is 0 Å². The maximum Gasteiger partial charge on any atom is 0.309 e. The van der Waals surface area contributed by atoms with Crippen LogP contribution in [0.4, 0.5) is 0 Å².